The van der Waals surface area contributed by atoms with Gasteiger partial charge in [-0.1, -0.05) is 36.4 Å². The molecule has 1 aliphatic rings. The van der Waals surface area contributed by atoms with Crippen molar-refractivity contribution in [1.29, 1.82) is 0 Å². The Morgan fingerprint density at radius 1 is 1.24 bits per heavy atom. The molecular weight excluding hydrogens is 216 g/mol. The van der Waals surface area contributed by atoms with E-state index in [0.29, 0.717) is 18.3 Å². The fourth-order valence-electron chi connectivity index (χ4n) is 1.61. The van der Waals surface area contributed by atoms with E-state index in [1.165, 1.54) is 0 Å². The van der Waals surface area contributed by atoms with Crippen LogP contribution in [0.15, 0.2) is 54.6 Å². The van der Waals surface area contributed by atoms with Crippen molar-refractivity contribution in [3.8, 4) is 0 Å². The Hall–Kier alpha value is -2.16. The Bertz CT molecular complexity index is 474. The molecule has 1 aromatic carbocycles. The summed E-state index contributed by atoms with van der Waals surface area (Å²) in [4.78, 5) is 22.9. The number of esters is 1. The summed E-state index contributed by atoms with van der Waals surface area (Å²) in [5.74, 6) is -0.488. The lowest BCUT2D eigenvalue weighted by Gasteiger charge is -2.24. The first-order valence-electron chi connectivity index (χ1n) is 5.35. The minimum atomic E-state index is -1.15. The van der Waals surface area contributed by atoms with Gasteiger partial charge >= 0.3 is 5.97 Å². The van der Waals surface area contributed by atoms with Gasteiger partial charge in [0.25, 0.3) is 0 Å². The first-order chi connectivity index (χ1) is 8.26. The predicted molar refractivity (Wildman–Crippen MR) is 63.5 cm³/mol. The zero-order valence-corrected chi connectivity index (χ0v) is 9.21. The molecule has 3 heteroatoms. The summed E-state index contributed by atoms with van der Waals surface area (Å²) in [6, 6.07) is 8.63. The van der Waals surface area contributed by atoms with Gasteiger partial charge in [0.2, 0.25) is 0 Å². The van der Waals surface area contributed by atoms with Gasteiger partial charge in [-0.25, -0.2) is 4.79 Å². The average molecular weight is 228 g/mol. The van der Waals surface area contributed by atoms with E-state index in [-0.39, 0.29) is 0 Å². The molecule has 1 aliphatic carbocycles. The van der Waals surface area contributed by atoms with Crippen LogP contribution < -0.4 is 0 Å². The summed E-state index contributed by atoms with van der Waals surface area (Å²) in [7, 11) is 0. The molecule has 2 rings (SSSR count). The molecule has 1 atom stereocenters. The van der Waals surface area contributed by atoms with Crippen molar-refractivity contribution in [2.45, 2.75) is 12.0 Å². The minimum absolute atomic E-state index is 0.381. The summed E-state index contributed by atoms with van der Waals surface area (Å²) in [5.41, 5.74) is -0.710. The monoisotopic (exact) mass is 228 g/mol. The van der Waals surface area contributed by atoms with E-state index < -0.39 is 11.6 Å². The smallest absolute Gasteiger partial charge is 0.339 e. The number of rotatable bonds is 3. The molecule has 0 spiro atoms. The first-order valence-corrected chi connectivity index (χ1v) is 5.35. The van der Waals surface area contributed by atoms with Gasteiger partial charge in [0.1, 0.15) is 0 Å². The number of carbonyl (C=O) groups excluding carboxylic acids is 2. The lowest BCUT2D eigenvalue weighted by molar-refractivity contribution is -0.120. The van der Waals surface area contributed by atoms with Crippen LogP contribution in [0.5, 0.6) is 0 Å². The van der Waals surface area contributed by atoms with Crippen LogP contribution in [0.2, 0.25) is 0 Å². The zero-order chi connectivity index (χ0) is 12.1. The molecule has 0 aromatic heterocycles. The van der Waals surface area contributed by atoms with E-state index in [2.05, 4.69) is 0 Å². The molecule has 0 N–H and O–H groups in total. The van der Waals surface area contributed by atoms with Crippen LogP contribution in [0.25, 0.3) is 0 Å². The van der Waals surface area contributed by atoms with Crippen LogP contribution in [0.4, 0.5) is 0 Å². The van der Waals surface area contributed by atoms with Crippen molar-refractivity contribution in [3.05, 3.63) is 60.2 Å². The van der Waals surface area contributed by atoms with Gasteiger partial charge in [0, 0.05) is 6.42 Å². The highest BCUT2D eigenvalue weighted by atomic mass is 16.6. The number of benzene rings is 1. The Balaban J connectivity index is 2.15. The standard InChI is InChI=1S/C14H12O3/c15-11-14(9-5-2-6-10-14)17-13(16)12-7-3-1-4-8-12/h1-9,11H,10H2. The van der Waals surface area contributed by atoms with E-state index >= 15 is 0 Å². The van der Waals surface area contributed by atoms with Crippen molar-refractivity contribution >= 4 is 12.3 Å². The fourth-order valence-corrected chi connectivity index (χ4v) is 1.61. The summed E-state index contributed by atoms with van der Waals surface area (Å²) >= 11 is 0. The number of carbonyl (C=O) groups is 2. The van der Waals surface area contributed by atoms with Gasteiger partial charge < -0.3 is 4.74 Å². The Kier molecular flexibility index (Phi) is 3.19. The zero-order valence-electron chi connectivity index (χ0n) is 9.21. The third-order valence-electron chi connectivity index (χ3n) is 2.55. The van der Waals surface area contributed by atoms with E-state index in [1.54, 1.807) is 42.5 Å². The Morgan fingerprint density at radius 2 is 2.00 bits per heavy atom. The van der Waals surface area contributed by atoms with E-state index in [0.717, 1.165) is 0 Å². The molecule has 0 amide bonds. The topological polar surface area (TPSA) is 43.4 Å². The van der Waals surface area contributed by atoms with E-state index in [1.807, 2.05) is 12.1 Å². The molecule has 0 saturated carbocycles. The highest BCUT2D eigenvalue weighted by Crippen LogP contribution is 2.21. The molecule has 0 fully saturated rings. The largest absolute Gasteiger partial charge is 0.443 e. The number of hydrogen-bond donors (Lipinski definition) is 0. The summed E-state index contributed by atoms with van der Waals surface area (Å²) in [6.07, 6.45) is 7.96. The minimum Gasteiger partial charge on any atom is -0.443 e. The number of allylic oxidation sites excluding steroid dienone is 2. The molecule has 1 aromatic rings. The van der Waals surface area contributed by atoms with Crippen LogP contribution in [0.1, 0.15) is 16.8 Å². The van der Waals surface area contributed by atoms with Crippen LogP contribution in [0, 0.1) is 0 Å². The fraction of sp³-hybridized carbons (Fsp3) is 0.143. The van der Waals surface area contributed by atoms with Crippen LogP contribution in [0.3, 0.4) is 0 Å². The maximum absolute atomic E-state index is 11.8. The summed E-state index contributed by atoms with van der Waals surface area (Å²) in [5, 5.41) is 0. The molecular formula is C14H12O3. The van der Waals surface area contributed by atoms with Gasteiger partial charge in [0.15, 0.2) is 11.9 Å². The molecule has 0 heterocycles. The molecule has 0 bridgehead atoms. The molecule has 0 aliphatic heterocycles. The van der Waals surface area contributed by atoms with Crippen molar-refractivity contribution in [2.75, 3.05) is 0 Å². The van der Waals surface area contributed by atoms with Gasteiger partial charge in [-0.2, -0.15) is 0 Å². The van der Waals surface area contributed by atoms with E-state index in [4.69, 9.17) is 4.74 Å². The van der Waals surface area contributed by atoms with Crippen LogP contribution in [-0.4, -0.2) is 17.9 Å². The lowest BCUT2D eigenvalue weighted by atomic mass is 9.97. The highest BCUT2D eigenvalue weighted by molar-refractivity contribution is 5.91. The summed E-state index contributed by atoms with van der Waals surface area (Å²) < 4.78 is 5.27. The second-order valence-corrected chi connectivity index (χ2v) is 3.82. The average Bonchev–Trinajstić information content (AvgIpc) is 2.41. The first kappa shape index (κ1) is 11.3. The second-order valence-electron chi connectivity index (χ2n) is 3.82. The van der Waals surface area contributed by atoms with Gasteiger partial charge in [-0.3, -0.25) is 4.79 Å². The molecule has 0 saturated heterocycles. The van der Waals surface area contributed by atoms with Crippen LogP contribution in [-0.2, 0) is 9.53 Å². The van der Waals surface area contributed by atoms with Crippen LogP contribution >= 0.6 is 0 Å². The van der Waals surface area contributed by atoms with Crippen molar-refractivity contribution < 1.29 is 14.3 Å². The van der Waals surface area contributed by atoms with Gasteiger partial charge in [-0.05, 0) is 18.2 Å². The predicted octanol–water partition coefficient (Wildman–Crippen LogP) is 2.30. The highest BCUT2D eigenvalue weighted by Gasteiger charge is 2.31. The quantitative estimate of drug-likeness (QED) is 0.589. The maximum atomic E-state index is 11.8. The normalized spacial score (nSPS) is 22.1. The number of aldehydes is 1. The van der Waals surface area contributed by atoms with Gasteiger partial charge in [0.05, 0.1) is 5.56 Å². The molecule has 17 heavy (non-hydrogen) atoms. The third kappa shape index (κ3) is 2.50. The molecule has 0 radical (unpaired) electrons. The maximum Gasteiger partial charge on any atom is 0.339 e. The second kappa shape index (κ2) is 4.78. The molecule has 1 unspecified atom stereocenters. The van der Waals surface area contributed by atoms with Crippen molar-refractivity contribution in [3.63, 3.8) is 0 Å². The summed E-state index contributed by atoms with van der Waals surface area (Å²) in [6.45, 7) is 0. The Morgan fingerprint density at radius 3 is 2.59 bits per heavy atom. The van der Waals surface area contributed by atoms with Crippen molar-refractivity contribution in [2.24, 2.45) is 0 Å². The van der Waals surface area contributed by atoms with Gasteiger partial charge in [-0.15, -0.1) is 0 Å². The number of hydrogen-bond acceptors (Lipinski definition) is 3. The molecule has 3 nitrogen and oxygen atoms in total. The van der Waals surface area contributed by atoms with Crippen molar-refractivity contribution in [1.82, 2.24) is 0 Å². The van der Waals surface area contributed by atoms with E-state index in [9.17, 15) is 9.59 Å². The Labute approximate surface area is 99.4 Å². The molecule has 86 valence electrons. The third-order valence-corrected chi connectivity index (χ3v) is 2.55. The lowest BCUT2D eigenvalue weighted by Crippen LogP contribution is -2.35. The SMILES string of the molecule is O=CC1(OC(=O)c2ccccc2)C=CC=CC1. The number of ether oxygens (including phenoxy) is 1.